The molecule has 0 radical (unpaired) electrons. The Morgan fingerprint density at radius 3 is 2.22 bits per heavy atom. The van der Waals surface area contributed by atoms with Crippen molar-refractivity contribution in [2.75, 3.05) is 32.8 Å². The molecule has 0 unspecified atom stereocenters. The highest BCUT2D eigenvalue weighted by Gasteiger charge is 2.43. The number of fused-ring (bicyclic) bond motifs is 2. The topological polar surface area (TPSA) is 66.5 Å². The lowest BCUT2D eigenvalue weighted by molar-refractivity contribution is -0.000263. The molecule has 2 aromatic carbocycles. The van der Waals surface area contributed by atoms with E-state index in [-0.39, 0.29) is 12.0 Å². The predicted octanol–water partition coefficient (Wildman–Crippen LogP) is 6.75. The molecule has 1 saturated heterocycles. The summed E-state index contributed by atoms with van der Waals surface area (Å²) in [6, 6.07) is 16.4. The van der Waals surface area contributed by atoms with E-state index >= 15 is 0 Å². The first-order valence-electron chi connectivity index (χ1n) is 13.2. The molecule has 1 spiro atoms. The molecule has 8 heteroatoms. The minimum absolute atomic E-state index is 0.0324. The fraction of sp³-hybridized carbons (Fsp3) is 0.586. The molecule has 0 aliphatic carbocycles. The number of nitrogens with zero attached hydrogens (tertiary/aromatic N) is 1. The Morgan fingerprint density at radius 2 is 1.59 bits per heavy atom. The number of ether oxygens (including phenoxy) is 2. The highest BCUT2D eigenvalue weighted by Crippen LogP contribution is 2.55. The summed E-state index contributed by atoms with van der Waals surface area (Å²) in [7, 11) is -3.69. The normalized spacial score (nSPS) is 18.0. The van der Waals surface area contributed by atoms with Crippen molar-refractivity contribution in [1.82, 2.24) is 4.90 Å². The molecule has 4 rings (SSSR count). The molecule has 0 N–H and O–H groups in total. The zero-order valence-electron chi connectivity index (χ0n) is 23.1. The fourth-order valence-corrected chi connectivity index (χ4v) is 6.62. The van der Waals surface area contributed by atoms with Gasteiger partial charge in [-0.2, -0.15) is 0 Å². The van der Waals surface area contributed by atoms with Crippen LogP contribution in [0, 0.1) is 0 Å². The molecule has 0 aromatic heterocycles. The van der Waals surface area contributed by atoms with Crippen LogP contribution in [-0.4, -0.2) is 49.0 Å². The minimum Gasteiger partial charge on any atom is -0.492 e. The number of hydrogen-bond acceptors (Lipinski definition) is 7. The number of phosphoric acid groups is 1. The van der Waals surface area contributed by atoms with Gasteiger partial charge in [-0.1, -0.05) is 36.4 Å². The lowest BCUT2D eigenvalue weighted by atomic mass is 9.74. The van der Waals surface area contributed by atoms with E-state index in [0.717, 1.165) is 43.0 Å². The minimum atomic E-state index is -3.69. The average Bonchev–Trinajstić information content (AvgIpc) is 3.14. The van der Waals surface area contributed by atoms with Gasteiger partial charge in [-0.3, -0.25) is 13.6 Å². The maximum Gasteiger partial charge on any atom is 0.475 e. The van der Waals surface area contributed by atoms with Crippen LogP contribution in [0.4, 0.5) is 0 Å². The van der Waals surface area contributed by atoms with Crippen LogP contribution < -0.4 is 9.47 Å². The molecule has 204 valence electrons. The molecular weight excluding hydrogens is 489 g/mol. The van der Waals surface area contributed by atoms with Crippen molar-refractivity contribution in [3.63, 3.8) is 0 Å². The second kappa shape index (κ2) is 11.1. The molecule has 0 bridgehead atoms. The number of hydrogen-bond donors (Lipinski definition) is 0. The molecule has 0 atom stereocenters. The molecule has 1 fully saturated rings. The Balaban J connectivity index is 1.29. The molecular formula is C29H42NO6P. The van der Waals surface area contributed by atoms with Gasteiger partial charge in [0.05, 0.1) is 24.4 Å². The number of piperidine rings is 1. The van der Waals surface area contributed by atoms with E-state index < -0.39 is 19.0 Å². The summed E-state index contributed by atoms with van der Waals surface area (Å²) >= 11 is 0. The summed E-state index contributed by atoms with van der Waals surface area (Å²) in [6.07, 6.45) is 2.00. The summed E-state index contributed by atoms with van der Waals surface area (Å²) in [5.41, 5.74) is 1.17. The van der Waals surface area contributed by atoms with Crippen LogP contribution in [0.3, 0.4) is 0 Å². The zero-order chi connectivity index (χ0) is 26.7. The molecule has 2 aliphatic rings. The van der Waals surface area contributed by atoms with Gasteiger partial charge in [-0.05, 0) is 79.1 Å². The van der Waals surface area contributed by atoms with Gasteiger partial charge < -0.3 is 14.4 Å². The largest absolute Gasteiger partial charge is 0.492 e. The van der Waals surface area contributed by atoms with Gasteiger partial charge in [0.2, 0.25) is 0 Å². The average molecular weight is 532 g/mol. The number of rotatable bonds is 9. The SMILES string of the molecule is CC(C)(C)OP(=O)(OCCN1CCC2(CC1)COc1cc(OCc3ccccc3)ccc12)OC(C)(C)C. The van der Waals surface area contributed by atoms with Crippen molar-refractivity contribution in [2.24, 2.45) is 0 Å². The van der Waals surface area contributed by atoms with Crippen molar-refractivity contribution in [3.8, 4) is 11.5 Å². The zero-order valence-corrected chi connectivity index (χ0v) is 24.0. The maximum absolute atomic E-state index is 13.3. The Labute approximate surface area is 222 Å². The number of likely N-dealkylation sites (tertiary alicyclic amines) is 1. The predicted molar refractivity (Wildman–Crippen MR) is 145 cm³/mol. The number of phosphoric ester groups is 1. The van der Waals surface area contributed by atoms with E-state index in [4.69, 9.17) is 23.0 Å². The van der Waals surface area contributed by atoms with Crippen LogP contribution in [0.5, 0.6) is 11.5 Å². The molecule has 7 nitrogen and oxygen atoms in total. The first-order chi connectivity index (χ1) is 17.3. The Hall–Kier alpha value is -1.89. The van der Waals surface area contributed by atoms with E-state index in [9.17, 15) is 4.57 Å². The monoisotopic (exact) mass is 531 g/mol. The van der Waals surface area contributed by atoms with Gasteiger partial charge in [0, 0.05) is 23.6 Å². The third-order valence-corrected chi connectivity index (χ3v) is 8.56. The van der Waals surface area contributed by atoms with Crippen LogP contribution in [0.2, 0.25) is 0 Å². The summed E-state index contributed by atoms with van der Waals surface area (Å²) in [6.45, 7) is 15.1. The third kappa shape index (κ3) is 7.81. The highest BCUT2D eigenvalue weighted by atomic mass is 31.2. The van der Waals surface area contributed by atoms with Crippen molar-refractivity contribution < 1.29 is 27.6 Å². The van der Waals surface area contributed by atoms with Gasteiger partial charge in [-0.15, -0.1) is 0 Å². The molecule has 37 heavy (non-hydrogen) atoms. The highest BCUT2D eigenvalue weighted by molar-refractivity contribution is 7.48. The molecule has 2 aromatic rings. The van der Waals surface area contributed by atoms with Crippen molar-refractivity contribution in [1.29, 1.82) is 0 Å². The molecule has 2 heterocycles. The first kappa shape index (κ1) is 28.1. The van der Waals surface area contributed by atoms with E-state index in [1.54, 1.807) is 0 Å². The Bertz CT molecular complexity index is 1060. The Morgan fingerprint density at radius 1 is 0.946 bits per heavy atom. The van der Waals surface area contributed by atoms with Crippen molar-refractivity contribution in [3.05, 3.63) is 59.7 Å². The first-order valence-corrected chi connectivity index (χ1v) is 14.6. The van der Waals surface area contributed by atoms with Gasteiger partial charge in [0.15, 0.2) is 0 Å². The van der Waals surface area contributed by atoms with E-state index in [0.29, 0.717) is 19.8 Å². The van der Waals surface area contributed by atoms with E-state index in [1.165, 1.54) is 5.56 Å². The molecule has 0 saturated carbocycles. The van der Waals surface area contributed by atoms with E-state index in [2.05, 4.69) is 29.2 Å². The van der Waals surface area contributed by atoms with Crippen LogP contribution >= 0.6 is 7.82 Å². The van der Waals surface area contributed by atoms with Crippen molar-refractivity contribution >= 4 is 7.82 Å². The second-order valence-corrected chi connectivity index (χ2v) is 13.5. The summed E-state index contributed by atoms with van der Waals surface area (Å²) < 4.78 is 42.6. The Kier molecular flexibility index (Phi) is 8.42. The summed E-state index contributed by atoms with van der Waals surface area (Å²) in [4.78, 5) is 2.35. The lowest BCUT2D eigenvalue weighted by Gasteiger charge is -2.38. The summed E-state index contributed by atoms with van der Waals surface area (Å²) in [5.74, 6) is 1.76. The van der Waals surface area contributed by atoms with Crippen LogP contribution in [0.25, 0.3) is 0 Å². The fourth-order valence-electron chi connectivity index (χ4n) is 4.83. The number of benzene rings is 2. The maximum atomic E-state index is 13.3. The smallest absolute Gasteiger partial charge is 0.475 e. The second-order valence-electron chi connectivity index (χ2n) is 12.0. The standard InChI is InChI=1S/C29H42NO6P/c1-27(2,3)35-37(31,36-28(4,5)6)34-19-18-30-16-14-29(15-17-30)22-33-26-20-24(12-13-25(26)29)32-21-23-10-8-7-9-11-23/h7-13,20H,14-19,21-22H2,1-6H3. The molecule has 0 amide bonds. The van der Waals surface area contributed by atoms with Gasteiger partial charge in [0.1, 0.15) is 18.1 Å². The van der Waals surface area contributed by atoms with Gasteiger partial charge in [0.25, 0.3) is 0 Å². The van der Waals surface area contributed by atoms with Crippen LogP contribution in [0.15, 0.2) is 48.5 Å². The van der Waals surface area contributed by atoms with Crippen LogP contribution in [0.1, 0.15) is 65.5 Å². The van der Waals surface area contributed by atoms with E-state index in [1.807, 2.05) is 65.8 Å². The third-order valence-electron chi connectivity index (χ3n) is 6.52. The van der Waals surface area contributed by atoms with Crippen molar-refractivity contribution in [2.45, 2.75) is 77.6 Å². The quantitative estimate of drug-likeness (QED) is 0.332. The summed E-state index contributed by atoms with van der Waals surface area (Å²) in [5, 5.41) is 0. The lowest BCUT2D eigenvalue weighted by Crippen LogP contribution is -2.44. The van der Waals surface area contributed by atoms with Gasteiger partial charge in [-0.25, -0.2) is 4.57 Å². The van der Waals surface area contributed by atoms with Crippen LogP contribution in [-0.2, 0) is 30.2 Å². The van der Waals surface area contributed by atoms with Gasteiger partial charge >= 0.3 is 7.82 Å². The molecule has 2 aliphatic heterocycles.